The van der Waals surface area contributed by atoms with Crippen LogP contribution in [0.5, 0.6) is 0 Å². The molecule has 0 spiro atoms. The first-order chi connectivity index (χ1) is 9.84. The van der Waals surface area contributed by atoms with Gasteiger partial charge in [0.05, 0.1) is 28.4 Å². The van der Waals surface area contributed by atoms with Gasteiger partial charge in [0.25, 0.3) is 0 Å². The molecule has 0 aliphatic rings. The first kappa shape index (κ1) is 11.8. The molecule has 4 heteroatoms. The number of nitrogens with zero attached hydrogens (tertiary/aromatic N) is 3. The van der Waals surface area contributed by atoms with Crippen LogP contribution >= 0.6 is 22.9 Å². The smallest absolute Gasteiger partial charge is 0.149 e. The monoisotopic (exact) mass is 371 g/mol. The molecule has 0 aliphatic heterocycles. The molecule has 0 N–H and O–H groups in total. The number of rotatable bonds is 1. The molecule has 0 amide bonds. The summed E-state index contributed by atoms with van der Waals surface area (Å²) in [5.74, 6) is 0. The lowest BCUT2D eigenvalue weighted by Crippen LogP contribution is -1.82. The third-order valence-corrected chi connectivity index (χ3v) is 4.44. The number of pyridine rings is 2. The van der Waals surface area contributed by atoms with Crippen molar-refractivity contribution >= 4 is 44.8 Å². The third-order valence-electron chi connectivity index (χ3n) is 3.47. The molecule has 0 unspecified atom stereocenters. The molecule has 3 nitrogen and oxygen atoms in total. The summed E-state index contributed by atoms with van der Waals surface area (Å²) in [5, 5.41) is 2.42. The fourth-order valence-electron chi connectivity index (χ4n) is 2.51. The largest absolute Gasteiger partial charge is 0.266 e. The van der Waals surface area contributed by atoms with Gasteiger partial charge < -0.3 is 0 Å². The van der Waals surface area contributed by atoms with Gasteiger partial charge in [0.1, 0.15) is 5.65 Å². The zero-order valence-corrected chi connectivity index (χ0v) is 12.7. The summed E-state index contributed by atoms with van der Waals surface area (Å²) >= 11 is 2.31. The number of benzene rings is 1. The Kier molecular flexibility index (Phi) is 2.70. The van der Waals surface area contributed by atoms with Crippen LogP contribution in [0.4, 0.5) is 0 Å². The summed E-state index contributed by atoms with van der Waals surface area (Å²) in [6, 6.07) is 14.6. The van der Waals surface area contributed by atoms with Crippen molar-refractivity contribution in [2.75, 3.05) is 0 Å². The first-order valence-electron chi connectivity index (χ1n) is 6.30. The highest BCUT2D eigenvalue weighted by Gasteiger charge is 2.10. The van der Waals surface area contributed by atoms with Gasteiger partial charge in [-0.05, 0) is 29.8 Å². The summed E-state index contributed by atoms with van der Waals surface area (Å²) in [6.07, 6.45) is 5.51. The lowest BCUT2D eigenvalue weighted by atomic mass is 10.1. The summed E-state index contributed by atoms with van der Waals surface area (Å²) in [7, 11) is 0. The summed E-state index contributed by atoms with van der Waals surface area (Å²) in [4.78, 5) is 8.65. The van der Waals surface area contributed by atoms with Crippen molar-refractivity contribution in [1.29, 1.82) is 0 Å². The lowest BCUT2D eigenvalue weighted by Gasteiger charge is -2.02. The predicted molar refractivity (Wildman–Crippen MR) is 89.9 cm³/mol. The molecule has 96 valence electrons. The highest BCUT2D eigenvalue weighted by atomic mass is 127. The molecule has 0 bridgehead atoms. The second-order valence-electron chi connectivity index (χ2n) is 4.63. The minimum Gasteiger partial charge on any atom is -0.266 e. The molecule has 1 aromatic carbocycles. The maximum atomic E-state index is 4.46. The molecule has 0 radical (unpaired) electrons. The average Bonchev–Trinajstić information content (AvgIpc) is 2.81. The zero-order chi connectivity index (χ0) is 13.5. The maximum Gasteiger partial charge on any atom is 0.149 e. The quantitative estimate of drug-likeness (QED) is 0.463. The fraction of sp³-hybridized carbons (Fsp3) is 0. The molecular formula is C16H10IN3. The van der Waals surface area contributed by atoms with Gasteiger partial charge in [-0.25, -0.2) is 4.98 Å². The van der Waals surface area contributed by atoms with E-state index in [0.717, 1.165) is 11.2 Å². The number of aromatic nitrogens is 3. The van der Waals surface area contributed by atoms with Crippen LogP contribution < -0.4 is 0 Å². The molecule has 4 aromatic rings. The van der Waals surface area contributed by atoms with Crippen molar-refractivity contribution in [3.63, 3.8) is 0 Å². The standard InChI is InChI=1S/C16H10IN3/c17-20-15-9-11(12-3-1-7-18-10-12)5-6-13(15)14-4-2-8-19-16(14)20/h1-10H. The van der Waals surface area contributed by atoms with Crippen molar-refractivity contribution in [2.45, 2.75) is 0 Å². The normalized spacial score (nSPS) is 11.2. The van der Waals surface area contributed by atoms with Gasteiger partial charge in [-0.1, -0.05) is 18.2 Å². The molecule has 0 saturated carbocycles. The molecule has 4 rings (SSSR count). The van der Waals surface area contributed by atoms with Crippen molar-refractivity contribution in [2.24, 2.45) is 0 Å². The first-order valence-corrected chi connectivity index (χ1v) is 7.27. The molecule has 0 saturated heterocycles. The summed E-state index contributed by atoms with van der Waals surface area (Å²) in [6.45, 7) is 0. The van der Waals surface area contributed by atoms with Crippen molar-refractivity contribution < 1.29 is 0 Å². The molecule has 0 aliphatic carbocycles. The van der Waals surface area contributed by atoms with Crippen molar-refractivity contribution in [3.05, 3.63) is 61.1 Å². The van der Waals surface area contributed by atoms with E-state index in [1.807, 2.05) is 24.5 Å². The van der Waals surface area contributed by atoms with Crippen LogP contribution in [0.15, 0.2) is 61.1 Å². The Morgan fingerprint density at radius 3 is 2.65 bits per heavy atom. The van der Waals surface area contributed by atoms with Crippen molar-refractivity contribution in [3.8, 4) is 11.1 Å². The SMILES string of the molecule is In1c2cc(-c3cccnc3)ccc2c2cccnc21. The number of hydrogen-bond acceptors (Lipinski definition) is 2. The Morgan fingerprint density at radius 1 is 0.900 bits per heavy atom. The van der Waals surface area contributed by atoms with Crippen LogP contribution in [-0.2, 0) is 0 Å². The highest BCUT2D eigenvalue weighted by molar-refractivity contribution is 14.1. The Bertz CT molecular complexity index is 913. The van der Waals surface area contributed by atoms with E-state index >= 15 is 0 Å². The lowest BCUT2D eigenvalue weighted by molar-refractivity contribution is 1.32. The summed E-state index contributed by atoms with van der Waals surface area (Å²) in [5.41, 5.74) is 4.49. The van der Waals surface area contributed by atoms with Gasteiger partial charge in [-0.2, -0.15) is 0 Å². The van der Waals surface area contributed by atoms with Gasteiger partial charge in [-0.3, -0.25) is 7.76 Å². The van der Waals surface area contributed by atoms with Gasteiger partial charge in [0.2, 0.25) is 0 Å². The predicted octanol–water partition coefficient (Wildman–Crippen LogP) is 4.45. The molecule has 3 heterocycles. The van der Waals surface area contributed by atoms with Gasteiger partial charge in [0.15, 0.2) is 0 Å². The van der Waals surface area contributed by atoms with Gasteiger partial charge in [-0.15, -0.1) is 0 Å². The Morgan fingerprint density at radius 2 is 1.80 bits per heavy atom. The van der Waals surface area contributed by atoms with E-state index in [2.05, 4.69) is 65.9 Å². The van der Waals surface area contributed by atoms with E-state index in [-0.39, 0.29) is 0 Å². The van der Waals surface area contributed by atoms with E-state index in [1.165, 1.54) is 21.9 Å². The van der Waals surface area contributed by atoms with E-state index in [1.54, 1.807) is 6.20 Å². The summed E-state index contributed by atoms with van der Waals surface area (Å²) < 4.78 is 2.11. The van der Waals surface area contributed by atoms with Crippen LogP contribution in [-0.4, -0.2) is 12.7 Å². The highest BCUT2D eigenvalue weighted by Crippen LogP contribution is 2.32. The fourth-order valence-corrected chi connectivity index (χ4v) is 3.30. The molecule has 0 fully saturated rings. The molecule has 3 aromatic heterocycles. The van der Waals surface area contributed by atoms with Crippen molar-refractivity contribution in [1.82, 2.24) is 12.7 Å². The molecule has 20 heavy (non-hydrogen) atoms. The third kappa shape index (κ3) is 1.71. The van der Waals surface area contributed by atoms with Crippen LogP contribution in [0.3, 0.4) is 0 Å². The maximum absolute atomic E-state index is 4.46. The van der Waals surface area contributed by atoms with Gasteiger partial charge in [0, 0.05) is 34.9 Å². The van der Waals surface area contributed by atoms with Crippen LogP contribution in [0.2, 0.25) is 0 Å². The second kappa shape index (κ2) is 4.56. The van der Waals surface area contributed by atoms with Crippen LogP contribution in [0.25, 0.3) is 33.1 Å². The second-order valence-corrected chi connectivity index (χ2v) is 5.59. The Hall–Kier alpha value is -1.95. The minimum absolute atomic E-state index is 1.01. The minimum atomic E-state index is 1.01. The number of halogens is 1. The molecular weight excluding hydrogens is 361 g/mol. The topological polar surface area (TPSA) is 30.7 Å². The van der Waals surface area contributed by atoms with E-state index in [4.69, 9.17) is 0 Å². The Balaban J connectivity index is 2.05. The van der Waals surface area contributed by atoms with Gasteiger partial charge >= 0.3 is 0 Å². The number of fused-ring (bicyclic) bond motifs is 3. The van der Waals surface area contributed by atoms with E-state index in [0.29, 0.717) is 0 Å². The number of hydrogen-bond donors (Lipinski definition) is 0. The van der Waals surface area contributed by atoms with Crippen LogP contribution in [0.1, 0.15) is 0 Å². The van der Waals surface area contributed by atoms with E-state index in [9.17, 15) is 0 Å². The Labute approximate surface area is 129 Å². The zero-order valence-electron chi connectivity index (χ0n) is 10.5. The average molecular weight is 371 g/mol. The molecule has 0 atom stereocenters. The van der Waals surface area contributed by atoms with Crippen LogP contribution in [0, 0.1) is 0 Å². The van der Waals surface area contributed by atoms with E-state index < -0.39 is 0 Å².